The molecule has 0 radical (unpaired) electrons. The summed E-state index contributed by atoms with van der Waals surface area (Å²) >= 11 is 0. The molecule has 0 spiro atoms. The van der Waals surface area contributed by atoms with E-state index >= 15 is 0 Å². The van der Waals surface area contributed by atoms with Crippen molar-refractivity contribution < 1.29 is 13.5 Å². The second-order valence-electron chi connectivity index (χ2n) is 3.14. The number of hydrogen-bond acceptors (Lipinski definition) is 2. The lowest BCUT2D eigenvalue weighted by Gasteiger charge is -2.04. The molecule has 1 aromatic carbocycles. The van der Waals surface area contributed by atoms with Crippen LogP contribution in [0.4, 0.5) is 14.5 Å². The SMILES string of the molecule is Nc1cccc(OC2CC2(F)F)c1. The van der Waals surface area contributed by atoms with E-state index in [-0.39, 0.29) is 6.42 Å². The molecule has 1 fully saturated rings. The second kappa shape index (κ2) is 2.58. The van der Waals surface area contributed by atoms with Crippen LogP contribution in [0.1, 0.15) is 6.42 Å². The van der Waals surface area contributed by atoms with E-state index in [1.807, 2.05) is 0 Å². The van der Waals surface area contributed by atoms with Crippen LogP contribution < -0.4 is 10.5 Å². The van der Waals surface area contributed by atoms with Gasteiger partial charge >= 0.3 is 0 Å². The Morgan fingerprint density at radius 1 is 1.46 bits per heavy atom. The van der Waals surface area contributed by atoms with E-state index in [2.05, 4.69) is 0 Å². The Morgan fingerprint density at radius 2 is 2.15 bits per heavy atom. The van der Waals surface area contributed by atoms with Crippen molar-refractivity contribution in [3.63, 3.8) is 0 Å². The van der Waals surface area contributed by atoms with Gasteiger partial charge in [-0.3, -0.25) is 0 Å². The molecule has 2 N–H and O–H groups in total. The maximum atomic E-state index is 12.4. The van der Waals surface area contributed by atoms with Crippen molar-refractivity contribution in [1.29, 1.82) is 0 Å². The average Bonchev–Trinajstić information content (AvgIpc) is 2.58. The zero-order valence-electron chi connectivity index (χ0n) is 6.84. The van der Waals surface area contributed by atoms with Crippen LogP contribution in [0.25, 0.3) is 0 Å². The fourth-order valence-electron chi connectivity index (χ4n) is 1.07. The summed E-state index contributed by atoms with van der Waals surface area (Å²) in [6.45, 7) is 0. The third-order valence-corrected chi connectivity index (χ3v) is 1.90. The zero-order valence-corrected chi connectivity index (χ0v) is 6.84. The molecule has 1 aromatic rings. The van der Waals surface area contributed by atoms with Crippen molar-refractivity contribution in [1.82, 2.24) is 0 Å². The number of halogens is 2. The Bertz CT molecular complexity index is 327. The normalized spacial score (nSPS) is 24.0. The summed E-state index contributed by atoms with van der Waals surface area (Å²) in [5, 5.41) is 0. The Balaban J connectivity index is 2.03. The van der Waals surface area contributed by atoms with E-state index in [0.717, 1.165) is 0 Å². The van der Waals surface area contributed by atoms with Crippen LogP contribution in [0.5, 0.6) is 5.75 Å². The Morgan fingerprint density at radius 3 is 2.69 bits per heavy atom. The zero-order chi connectivity index (χ0) is 9.47. The number of hydrogen-bond donors (Lipinski definition) is 1. The minimum Gasteiger partial charge on any atom is -0.484 e. The lowest BCUT2D eigenvalue weighted by Crippen LogP contribution is -2.07. The van der Waals surface area contributed by atoms with Gasteiger partial charge in [-0.15, -0.1) is 0 Å². The highest BCUT2D eigenvalue weighted by Crippen LogP contribution is 2.44. The van der Waals surface area contributed by atoms with Gasteiger partial charge in [-0.05, 0) is 12.1 Å². The third-order valence-electron chi connectivity index (χ3n) is 1.90. The van der Waals surface area contributed by atoms with Crippen LogP contribution in [0.3, 0.4) is 0 Å². The van der Waals surface area contributed by atoms with Crippen LogP contribution in [0.15, 0.2) is 24.3 Å². The van der Waals surface area contributed by atoms with E-state index in [9.17, 15) is 8.78 Å². The molecule has 1 atom stereocenters. The molecule has 1 unspecified atom stereocenters. The molecule has 1 aliphatic rings. The van der Waals surface area contributed by atoms with Gasteiger partial charge in [-0.1, -0.05) is 6.07 Å². The molecule has 4 heteroatoms. The van der Waals surface area contributed by atoms with E-state index in [4.69, 9.17) is 10.5 Å². The third kappa shape index (κ3) is 1.71. The summed E-state index contributed by atoms with van der Waals surface area (Å²) in [6.07, 6.45) is -1.16. The van der Waals surface area contributed by atoms with Crippen molar-refractivity contribution >= 4 is 5.69 Å². The molecule has 1 saturated carbocycles. The van der Waals surface area contributed by atoms with Crippen LogP contribution in [-0.4, -0.2) is 12.0 Å². The van der Waals surface area contributed by atoms with Crippen molar-refractivity contribution in [2.75, 3.05) is 5.73 Å². The molecule has 0 saturated heterocycles. The van der Waals surface area contributed by atoms with Gasteiger partial charge in [0.2, 0.25) is 0 Å². The first-order valence-electron chi connectivity index (χ1n) is 3.98. The topological polar surface area (TPSA) is 35.2 Å². The summed E-state index contributed by atoms with van der Waals surface area (Å²) in [5.41, 5.74) is 5.97. The molecule has 0 aromatic heterocycles. The van der Waals surface area contributed by atoms with Crippen molar-refractivity contribution in [2.45, 2.75) is 18.4 Å². The monoisotopic (exact) mass is 185 g/mol. The molecule has 1 aliphatic carbocycles. The number of benzene rings is 1. The van der Waals surface area contributed by atoms with Gasteiger partial charge in [0.1, 0.15) is 5.75 Å². The standard InChI is InChI=1S/C9H9F2NO/c10-9(11)5-8(9)13-7-3-1-2-6(12)4-7/h1-4,8H,5,12H2. The lowest BCUT2D eigenvalue weighted by molar-refractivity contribution is 0.0665. The summed E-state index contributed by atoms with van der Waals surface area (Å²) < 4.78 is 29.8. The van der Waals surface area contributed by atoms with E-state index in [0.29, 0.717) is 11.4 Å². The molecule has 2 rings (SSSR count). The first kappa shape index (κ1) is 8.29. The number of alkyl halides is 2. The summed E-state index contributed by atoms with van der Waals surface area (Å²) in [4.78, 5) is 0. The average molecular weight is 185 g/mol. The number of anilines is 1. The fraction of sp³-hybridized carbons (Fsp3) is 0.333. The summed E-state index contributed by atoms with van der Waals surface area (Å²) in [7, 11) is 0. The van der Waals surface area contributed by atoms with Crippen LogP contribution >= 0.6 is 0 Å². The highest BCUT2D eigenvalue weighted by Gasteiger charge is 2.59. The maximum absolute atomic E-state index is 12.4. The number of rotatable bonds is 2. The number of ether oxygens (including phenoxy) is 1. The van der Waals surface area contributed by atoms with Crippen molar-refractivity contribution in [3.8, 4) is 5.75 Å². The minimum absolute atomic E-state index is 0.193. The van der Waals surface area contributed by atoms with Gasteiger partial charge in [-0.2, -0.15) is 0 Å². The lowest BCUT2D eigenvalue weighted by atomic mass is 10.3. The minimum atomic E-state index is -2.65. The summed E-state index contributed by atoms with van der Waals surface area (Å²) in [5.74, 6) is -2.24. The Hall–Kier alpha value is -1.32. The molecule has 2 nitrogen and oxygen atoms in total. The maximum Gasteiger partial charge on any atom is 0.288 e. The van der Waals surface area contributed by atoms with Crippen LogP contribution in [0, 0.1) is 0 Å². The summed E-state index contributed by atoms with van der Waals surface area (Å²) in [6, 6.07) is 6.50. The fourth-order valence-corrected chi connectivity index (χ4v) is 1.07. The van der Waals surface area contributed by atoms with Gasteiger partial charge in [0.25, 0.3) is 5.92 Å². The molecule has 70 valence electrons. The number of nitrogen functional groups attached to an aromatic ring is 1. The quantitative estimate of drug-likeness (QED) is 0.715. The predicted octanol–water partition coefficient (Wildman–Crippen LogP) is 2.06. The van der Waals surface area contributed by atoms with Crippen LogP contribution in [0.2, 0.25) is 0 Å². The Kier molecular flexibility index (Phi) is 1.65. The van der Waals surface area contributed by atoms with Crippen LogP contribution in [-0.2, 0) is 0 Å². The first-order valence-corrected chi connectivity index (χ1v) is 3.98. The van der Waals surface area contributed by atoms with Gasteiger partial charge in [0.15, 0.2) is 6.10 Å². The highest BCUT2D eigenvalue weighted by molar-refractivity contribution is 5.43. The molecular formula is C9H9F2NO. The van der Waals surface area contributed by atoms with Gasteiger partial charge < -0.3 is 10.5 Å². The van der Waals surface area contributed by atoms with Gasteiger partial charge in [0.05, 0.1) is 6.42 Å². The van der Waals surface area contributed by atoms with Crippen molar-refractivity contribution in [2.24, 2.45) is 0 Å². The van der Waals surface area contributed by atoms with E-state index in [1.54, 1.807) is 18.2 Å². The van der Waals surface area contributed by atoms with Gasteiger partial charge in [0, 0.05) is 11.8 Å². The number of nitrogens with two attached hydrogens (primary N) is 1. The molecule has 13 heavy (non-hydrogen) atoms. The molecule has 0 amide bonds. The largest absolute Gasteiger partial charge is 0.484 e. The van der Waals surface area contributed by atoms with E-state index < -0.39 is 12.0 Å². The highest BCUT2D eigenvalue weighted by atomic mass is 19.3. The predicted molar refractivity (Wildman–Crippen MR) is 44.8 cm³/mol. The molecular weight excluding hydrogens is 176 g/mol. The molecule has 0 heterocycles. The van der Waals surface area contributed by atoms with E-state index in [1.165, 1.54) is 6.07 Å². The Labute approximate surface area is 74.3 Å². The smallest absolute Gasteiger partial charge is 0.288 e. The molecule has 0 bridgehead atoms. The second-order valence-corrected chi connectivity index (χ2v) is 3.14. The molecule has 0 aliphatic heterocycles. The first-order chi connectivity index (χ1) is 6.08. The van der Waals surface area contributed by atoms with Gasteiger partial charge in [-0.25, -0.2) is 8.78 Å². The van der Waals surface area contributed by atoms with Crippen molar-refractivity contribution in [3.05, 3.63) is 24.3 Å².